The molecule has 0 unspecified atom stereocenters. The van der Waals surface area contributed by atoms with Gasteiger partial charge in [-0.2, -0.15) is 4.72 Å². The summed E-state index contributed by atoms with van der Waals surface area (Å²) in [6.07, 6.45) is 1.27. The number of amides is 1. The van der Waals surface area contributed by atoms with Crippen molar-refractivity contribution in [3.63, 3.8) is 0 Å². The molecule has 0 bridgehead atoms. The van der Waals surface area contributed by atoms with Crippen LogP contribution in [0.2, 0.25) is 0 Å². The molecule has 2 aromatic rings. The number of thiophene rings is 1. The number of carbonyl (C=O) groups is 1. The molecule has 1 amide bonds. The molecule has 0 saturated carbocycles. The van der Waals surface area contributed by atoms with Gasteiger partial charge in [0.05, 0.1) is 0 Å². The van der Waals surface area contributed by atoms with E-state index in [4.69, 9.17) is 0 Å². The summed E-state index contributed by atoms with van der Waals surface area (Å²) in [4.78, 5) is 14.9. The molecule has 7 heteroatoms. The van der Waals surface area contributed by atoms with Gasteiger partial charge in [0.2, 0.25) is 5.91 Å². The summed E-state index contributed by atoms with van der Waals surface area (Å²) >= 11 is 1.15. The highest BCUT2D eigenvalue weighted by molar-refractivity contribution is 7.91. The number of benzene rings is 1. The van der Waals surface area contributed by atoms with Gasteiger partial charge in [0.15, 0.2) is 0 Å². The molecule has 5 nitrogen and oxygen atoms in total. The number of sulfonamides is 1. The van der Waals surface area contributed by atoms with Gasteiger partial charge in [-0.05, 0) is 41.3 Å². The first-order valence-corrected chi connectivity index (χ1v) is 11.1. The lowest BCUT2D eigenvalue weighted by Gasteiger charge is -2.32. The van der Waals surface area contributed by atoms with Gasteiger partial charge >= 0.3 is 0 Å². The molecule has 3 rings (SSSR count). The summed E-state index contributed by atoms with van der Waals surface area (Å²) in [6, 6.07) is 10.6. The smallest absolute Gasteiger partial charge is 0.250 e. The molecule has 1 atom stereocenters. The highest BCUT2D eigenvalue weighted by atomic mass is 32.2. The average Bonchev–Trinajstić information content (AvgIpc) is 3.15. The standard InChI is InChI=1S/C19H24N2O3S2/c1-14(2)12-17(20-26(23,24)18-8-5-11-25-18)19(22)21-10-9-15-6-3-4-7-16(15)13-21/h3-8,11,14,17,20H,9-10,12-13H2,1-2H3/t17-/m0/s1. The van der Waals surface area contributed by atoms with Gasteiger partial charge in [-0.3, -0.25) is 4.79 Å². The van der Waals surface area contributed by atoms with E-state index in [1.807, 2.05) is 32.0 Å². The maximum atomic E-state index is 13.1. The van der Waals surface area contributed by atoms with Gasteiger partial charge < -0.3 is 4.90 Å². The van der Waals surface area contributed by atoms with Gasteiger partial charge in [0.1, 0.15) is 10.3 Å². The van der Waals surface area contributed by atoms with Crippen LogP contribution in [0.5, 0.6) is 0 Å². The zero-order valence-corrected chi connectivity index (χ0v) is 16.6. The molecule has 1 N–H and O–H groups in total. The first-order chi connectivity index (χ1) is 12.4. The van der Waals surface area contributed by atoms with Crippen LogP contribution in [0.1, 0.15) is 31.4 Å². The topological polar surface area (TPSA) is 66.5 Å². The molecule has 0 radical (unpaired) electrons. The third-order valence-electron chi connectivity index (χ3n) is 4.50. The van der Waals surface area contributed by atoms with Crippen molar-refractivity contribution in [3.8, 4) is 0 Å². The fraction of sp³-hybridized carbons (Fsp3) is 0.421. The Kier molecular flexibility index (Phi) is 5.79. The third kappa shape index (κ3) is 4.34. The van der Waals surface area contributed by atoms with Crippen LogP contribution in [-0.2, 0) is 27.8 Å². The van der Waals surface area contributed by atoms with Crippen molar-refractivity contribution in [1.82, 2.24) is 9.62 Å². The lowest BCUT2D eigenvalue weighted by atomic mass is 9.98. The second-order valence-corrected chi connectivity index (χ2v) is 9.90. The van der Waals surface area contributed by atoms with Crippen LogP contribution in [0.4, 0.5) is 0 Å². The monoisotopic (exact) mass is 392 g/mol. The van der Waals surface area contributed by atoms with Crippen LogP contribution in [0.25, 0.3) is 0 Å². The fourth-order valence-electron chi connectivity index (χ4n) is 3.24. The lowest BCUT2D eigenvalue weighted by molar-refractivity contribution is -0.134. The molecule has 1 aromatic carbocycles. The Hall–Kier alpha value is -1.70. The van der Waals surface area contributed by atoms with Crippen LogP contribution in [0, 0.1) is 5.92 Å². The molecule has 1 aromatic heterocycles. The maximum absolute atomic E-state index is 13.1. The van der Waals surface area contributed by atoms with Crippen LogP contribution in [0.3, 0.4) is 0 Å². The Bertz CT molecular complexity index is 861. The summed E-state index contributed by atoms with van der Waals surface area (Å²) in [5.74, 6) is 0.0559. The van der Waals surface area contributed by atoms with E-state index in [2.05, 4.69) is 10.8 Å². The highest BCUT2D eigenvalue weighted by Crippen LogP contribution is 2.22. The average molecular weight is 393 g/mol. The van der Waals surface area contributed by atoms with Gasteiger partial charge in [0.25, 0.3) is 10.0 Å². The van der Waals surface area contributed by atoms with Crippen molar-refractivity contribution >= 4 is 27.3 Å². The lowest BCUT2D eigenvalue weighted by Crippen LogP contribution is -2.50. The Morgan fingerprint density at radius 1 is 1.19 bits per heavy atom. The van der Waals surface area contributed by atoms with Gasteiger partial charge in [-0.1, -0.05) is 44.2 Å². The molecular weight excluding hydrogens is 368 g/mol. The summed E-state index contributed by atoms with van der Waals surface area (Å²) in [5.41, 5.74) is 2.40. The predicted molar refractivity (Wildman–Crippen MR) is 103 cm³/mol. The van der Waals surface area contributed by atoms with Crippen molar-refractivity contribution < 1.29 is 13.2 Å². The van der Waals surface area contributed by atoms with Crippen molar-refractivity contribution in [2.75, 3.05) is 6.54 Å². The van der Waals surface area contributed by atoms with Gasteiger partial charge in [-0.15, -0.1) is 11.3 Å². The molecular formula is C19H24N2O3S2. The maximum Gasteiger partial charge on any atom is 0.250 e. The second-order valence-electron chi connectivity index (χ2n) is 7.01. The normalized spacial score (nSPS) is 15.7. The number of rotatable bonds is 6. The Morgan fingerprint density at radius 3 is 2.58 bits per heavy atom. The molecule has 1 aliphatic rings. The minimum Gasteiger partial charge on any atom is -0.337 e. The van der Waals surface area contributed by atoms with Crippen LogP contribution in [-0.4, -0.2) is 31.8 Å². The van der Waals surface area contributed by atoms with Gasteiger partial charge in [0, 0.05) is 13.1 Å². The van der Waals surface area contributed by atoms with E-state index >= 15 is 0 Å². The SMILES string of the molecule is CC(C)C[C@H](NS(=O)(=O)c1cccs1)C(=O)N1CCc2ccccc2C1. The minimum absolute atomic E-state index is 0.145. The van der Waals surface area contributed by atoms with E-state index in [1.165, 1.54) is 5.56 Å². The quantitative estimate of drug-likeness (QED) is 0.822. The van der Waals surface area contributed by atoms with Crippen LogP contribution in [0.15, 0.2) is 46.0 Å². The summed E-state index contributed by atoms with van der Waals surface area (Å²) in [6.45, 7) is 5.13. The number of hydrogen-bond acceptors (Lipinski definition) is 4. The molecule has 1 aliphatic heterocycles. The van der Waals surface area contributed by atoms with E-state index in [-0.39, 0.29) is 16.0 Å². The fourth-order valence-corrected chi connectivity index (χ4v) is 5.45. The number of nitrogens with one attached hydrogen (secondary N) is 1. The minimum atomic E-state index is -3.68. The van der Waals surface area contributed by atoms with Crippen molar-refractivity contribution in [1.29, 1.82) is 0 Å². The highest BCUT2D eigenvalue weighted by Gasteiger charge is 2.31. The largest absolute Gasteiger partial charge is 0.337 e. The third-order valence-corrected chi connectivity index (χ3v) is 7.37. The molecule has 0 spiro atoms. The molecule has 0 aliphatic carbocycles. The Balaban J connectivity index is 1.78. The Labute approximate surface area is 159 Å². The number of carbonyl (C=O) groups excluding carboxylic acids is 1. The van der Waals surface area contributed by atoms with Crippen molar-refractivity contribution in [2.24, 2.45) is 5.92 Å². The number of nitrogens with zero attached hydrogens (tertiary/aromatic N) is 1. The van der Waals surface area contributed by atoms with Gasteiger partial charge in [-0.25, -0.2) is 8.42 Å². The first-order valence-electron chi connectivity index (χ1n) is 8.78. The van der Waals surface area contributed by atoms with E-state index in [9.17, 15) is 13.2 Å². The number of hydrogen-bond donors (Lipinski definition) is 1. The summed E-state index contributed by atoms with van der Waals surface area (Å²) in [7, 11) is -3.68. The van der Waals surface area contributed by atoms with Crippen molar-refractivity contribution in [3.05, 3.63) is 52.9 Å². The zero-order valence-electron chi connectivity index (χ0n) is 15.0. The second kappa shape index (κ2) is 7.90. The molecule has 2 heterocycles. The van der Waals surface area contributed by atoms with E-state index in [1.54, 1.807) is 22.4 Å². The van der Waals surface area contributed by atoms with E-state index in [0.29, 0.717) is 19.5 Å². The molecule has 140 valence electrons. The zero-order chi connectivity index (χ0) is 18.7. The Morgan fingerprint density at radius 2 is 1.92 bits per heavy atom. The molecule has 0 fully saturated rings. The van der Waals surface area contributed by atoms with E-state index < -0.39 is 16.1 Å². The van der Waals surface area contributed by atoms with E-state index in [0.717, 1.165) is 23.3 Å². The number of fused-ring (bicyclic) bond motifs is 1. The first kappa shape index (κ1) is 19.1. The molecule has 0 saturated heterocycles. The summed E-state index contributed by atoms with van der Waals surface area (Å²) in [5, 5.41) is 1.72. The molecule has 26 heavy (non-hydrogen) atoms. The van der Waals surface area contributed by atoms with Crippen molar-refractivity contribution in [2.45, 2.75) is 43.5 Å². The predicted octanol–water partition coefficient (Wildman–Crippen LogP) is 3.03. The van der Waals surface area contributed by atoms with Crippen LogP contribution < -0.4 is 4.72 Å². The summed E-state index contributed by atoms with van der Waals surface area (Å²) < 4.78 is 28.1. The van der Waals surface area contributed by atoms with Crippen LogP contribution >= 0.6 is 11.3 Å².